The molecule has 0 bridgehead atoms. The molecule has 0 fully saturated rings. The minimum absolute atomic E-state index is 0.287. The molecule has 0 aliphatic rings. The lowest BCUT2D eigenvalue weighted by atomic mass is 10.2. The summed E-state index contributed by atoms with van der Waals surface area (Å²) in [5, 5.41) is 9.27. The van der Waals surface area contributed by atoms with Gasteiger partial charge in [-0.15, -0.1) is 0 Å². The van der Waals surface area contributed by atoms with E-state index in [9.17, 15) is 9.90 Å². The van der Waals surface area contributed by atoms with Gasteiger partial charge in [0, 0.05) is 19.9 Å². The van der Waals surface area contributed by atoms with Crippen molar-refractivity contribution in [2.45, 2.75) is 6.04 Å². The molecule has 0 aliphatic heterocycles. The minimum atomic E-state index is -1.02. The Labute approximate surface area is 101 Å². The second kappa shape index (κ2) is 6.88. The highest BCUT2D eigenvalue weighted by Gasteiger charge is 2.24. The van der Waals surface area contributed by atoms with Gasteiger partial charge in [-0.25, -0.2) is 4.79 Å². The van der Waals surface area contributed by atoms with E-state index in [-0.39, 0.29) is 19.3 Å². The van der Waals surface area contributed by atoms with Crippen LogP contribution in [0.4, 0.5) is 10.5 Å². The third kappa shape index (κ3) is 3.72. The average Bonchev–Trinajstić information content (AvgIpc) is 2.31. The van der Waals surface area contributed by atoms with Crippen LogP contribution >= 0.6 is 0 Å². The number of carbonyl (C=O) groups is 1. The number of carboxylic acid groups (broad SMARTS) is 1. The molecule has 1 aromatic carbocycles. The van der Waals surface area contributed by atoms with E-state index in [0.29, 0.717) is 5.69 Å². The summed E-state index contributed by atoms with van der Waals surface area (Å²) >= 11 is 0. The summed E-state index contributed by atoms with van der Waals surface area (Å²) in [6, 6.07) is 8.55. The monoisotopic (exact) mass is 239 g/mol. The van der Waals surface area contributed by atoms with Crippen LogP contribution in [0.1, 0.15) is 0 Å². The van der Waals surface area contributed by atoms with Crippen LogP contribution in [0, 0.1) is 0 Å². The highest BCUT2D eigenvalue weighted by Crippen LogP contribution is 2.17. The summed E-state index contributed by atoms with van der Waals surface area (Å²) in [5.74, 6) is 0. The maximum Gasteiger partial charge on any atom is 0.412 e. The van der Waals surface area contributed by atoms with E-state index >= 15 is 0 Å². The number of rotatable bonds is 6. The first-order valence-corrected chi connectivity index (χ1v) is 5.25. The van der Waals surface area contributed by atoms with E-state index in [2.05, 4.69) is 0 Å². The van der Waals surface area contributed by atoms with Gasteiger partial charge in [-0.1, -0.05) is 18.2 Å². The van der Waals surface area contributed by atoms with Crippen molar-refractivity contribution in [3.8, 4) is 0 Å². The van der Waals surface area contributed by atoms with E-state index in [4.69, 9.17) is 9.47 Å². The zero-order valence-corrected chi connectivity index (χ0v) is 10.00. The van der Waals surface area contributed by atoms with E-state index in [0.717, 1.165) is 0 Å². The molecule has 5 heteroatoms. The van der Waals surface area contributed by atoms with Crippen molar-refractivity contribution in [3.63, 3.8) is 0 Å². The summed E-state index contributed by atoms with van der Waals surface area (Å²) in [7, 11) is 3.07. The second-order valence-electron chi connectivity index (χ2n) is 3.55. The van der Waals surface area contributed by atoms with Gasteiger partial charge < -0.3 is 14.6 Å². The van der Waals surface area contributed by atoms with Gasteiger partial charge >= 0.3 is 6.09 Å². The molecule has 94 valence electrons. The third-order valence-corrected chi connectivity index (χ3v) is 2.32. The third-order valence-electron chi connectivity index (χ3n) is 2.32. The normalized spacial score (nSPS) is 10.5. The summed E-state index contributed by atoms with van der Waals surface area (Å²) < 4.78 is 10.0. The Morgan fingerprint density at radius 3 is 2.18 bits per heavy atom. The van der Waals surface area contributed by atoms with Crippen molar-refractivity contribution in [1.29, 1.82) is 0 Å². The Morgan fingerprint density at radius 1 is 1.24 bits per heavy atom. The van der Waals surface area contributed by atoms with Gasteiger partial charge in [-0.3, -0.25) is 4.90 Å². The zero-order chi connectivity index (χ0) is 12.7. The molecule has 0 spiro atoms. The Morgan fingerprint density at radius 2 is 1.76 bits per heavy atom. The van der Waals surface area contributed by atoms with Crippen molar-refractivity contribution in [2.75, 3.05) is 32.3 Å². The van der Waals surface area contributed by atoms with Crippen molar-refractivity contribution < 1.29 is 19.4 Å². The molecular formula is C12H17NO4. The van der Waals surface area contributed by atoms with Gasteiger partial charge in [0.2, 0.25) is 0 Å². The number of hydrogen-bond donors (Lipinski definition) is 1. The molecule has 1 rings (SSSR count). The first-order chi connectivity index (χ1) is 8.20. The molecule has 0 unspecified atom stereocenters. The maximum absolute atomic E-state index is 11.3. The van der Waals surface area contributed by atoms with Crippen LogP contribution in [0.3, 0.4) is 0 Å². The van der Waals surface area contributed by atoms with Gasteiger partial charge in [-0.2, -0.15) is 0 Å². The summed E-state index contributed by atoms with van der Waals surface area (Å²) in [6.07, 6.45) is -1.02. The van der Waals surface area contributed by atoms with Crippen molar-refractivity contribution >= 4 is 11.8 Å². The number of nitrogens with zero attached hydrogens (tertiary/aromatic N) is 1. The van der Waals surface area contributed by atoms with E-state index in [1.807, 2.05) is 6.07 Å². The number of para-hydroxylation sites is 1. The molecule has 17 heavy (non-hydrogen) atoms. The number of amides is 1. The molecule has 0 heterocycles. The summed E-state index contributed by atoms with van der Waals surface area (Å²) in [5.41, 5.74) is 0.610. The number of benzene rings is 1. The van der Waals surface area contributed by atoms with Crippen molar-refractivity contribution in [3.05, 3.63) is 30.3 Å². The number of anilines is 1. The maximum atomic E-state index is 11.3. The minimum Gasteiger partial charge on any atom is -0.465 e. The van der Waals surface area contributed by atoms with Crippen molar-refractivity contribution in [2.24, 2.45) is 0 Å². The van der Waals surface area contributed by atoms with Gasteiger partial charge in [0.25, 0.3) is 0 Å². The molecule has 0 saturated carbocycles. The van der Waals surface area contributed by atoms with Crippen LogP contribution in [0.2, 0.25) is 0 Å². The lowest BCUT2D eigenvalue weighted by Crippen LogP contribution is -2.45. The van der Waals surface area contributed by atoms with Crippen LogP contribution in [-0.2, 0) is 9.47 Å². The fourth-order valence-electron chi connectivity index (χ4n) is 1.65. The summed E-state index contributed by atoms with van der Waals surface area (Å²) in [4.78, 5) is 12.6. The van der Waals surface area contributed by atoms with Gasteiger partial charge in [0.05, 0.1) is 19.3 Å². The van der Waals surface area contributed by atoms with E-state index in [1.165, 1.54) is 19.1 Å². The number of ether oxygens (including phenoxy) is 2. The lowest BCUT2D eigenvalue weighted by molar-refractivity contribution is 0.111. The molecule has 1 amide bonds. The standard InChI is InChI=1S/C12H17NO4/c1-16-8-11(9-17-2)13(12(14)15)10-6-4-3-5-7-10/h3-7,11H,8-9H2,1-2H3,(H,14,15). The van der Waals surface area contributed by atoms with E-state index in [1.54, 1.807) is 24.3 Å². The Kier molecular flexibility index (Phi) is 5.45. The molecule has 0 atom stereocenters. The molecule has 0 aromatic heterocycles. The smallest absolute Gasteiger partial charge is 0.412 e. The predicted octanol–water partition coefficient (Wildman–Crippen LogP) is 1.83. The zero-order valence-electron chi connectivity index (χ0n) is 10.00. The fraction of sp³-hybridized carbons (Fsp3) is 0.417. The molecule has 1 N–H and O–H groups in total. The van der Waals surface area contributed by atoms with Crippen LogP contribution in [0.15, 0.2) is 30.3 Å². The van der Waals surface area contributed by atoms with Gasteiger partial charge in [0.1, 0.15) is 0 Å². The van der Waals surface area contributed by atoms with Crippen molar-refractivity contribution in [1.82, 2.24) is 0 Å². The number of hydrogen-bond acceptors (Lipinski definition) is 3. The SMILES string of the molecule is COCC(COC)N(C(=O)O)c1ccccc1. The van der Waals surface area contributed by atoms with Crippen LogP contribution < -0.4 is 4.90 Å². The first-order valence-electron chi connectivity index (χ1n) is 5.25. The number of methoxy groups -OCH3 is 2. The highest BCUT2D eigenvalue weighted by atomic mass is 16.5. The summed E-state index contributed by atoms with van der Waals surface area (Å²) in [6.45, 7) is 0.573. The fourth-order valence-corrected chi connectivity index (χ4v) is 1.65. The Balaban J connectivity index is 2.94. The van der Waals surface area contributed by atoms with E-state index < -0.39 is 6.09 Å². The molecule has 0 aliphatic carbocycles. The second-order valence-corrected chi connectivity index (χ2v) is 3.55. The van der Waals surface area contributed by atoms with Crippen LogP contribution in [0.25, 0.3) is 0 Å². The molecule has 1 aromatic rings. The molecule has 5 nitrogen and oxygen atoms in total. The largest absolute Gasteiger partial charge is 0.465 e. The molecule has 0 saturated heterocycles. The average molecular weight is 239 g/mol. The highest BCUT2D eigenvalue weighted by molar-refractivity contribution is 5.86. The molecule has 0 radical (unpaired) electrons. The van der Waals surface area contributed by atoms with Gasteiger partial charge in [-0.05, 0) is 12.1 Å². The Bertz CT molecular complexity index is 336. The molecular weight excluding hydrogens is 222 g/mol. The van der Waals surface area contributed by atoms with Gasteiger partial charge in [0.15, 0.2) is 0 Å². The lowest BCUT2D eigenvalue weighted by Gasteiger charge is -2.28. The topological polar surface area (TPSA) is 59.0 Å². The predicted molar refractivity (Wildman–Crippen MR) is 64.5 cm³/mol. The van der Waals surface area contributed by atoms with Crippen LogP contribution in [0.5, 0.6) is 0 Å². The first kappa shape index (κ1) is 13.5. The Hall–Kier alpha value is -1.59. The quantitative estimate of drug-likeness (QED) is 0.822. The van der Waals surface area contributed by atoms with Crippen LogP contribution in [-0.4, -0.2) is 44.7 Å².